The number of aromatic nitrogens is 1. The van der Waals surface area contributed by atoms with Crippen LogP contribution in [0, 0.1) is 0 Å². The number of amides is 2. The van der Waals surface area contributed by atoms with Gasteiger partial charge in [-0.2, -0.15) is 0 Å². The number of hydrogen-bond acceptors (Lipinski definition) is 7. The summed E-state index contributed by atoms with van der Waals surface area (Å²) in [5, 5.41) is 4.93. The summed E-state index contributed by atoms with van der Waals surface area (Å²) in [5.74, 6) is 0.730. The van der Waals surface area contributed by atoms with Crippen molar-refractivity contribution < 1.29 is 18.7 Å². The predicted octanol–water partition coefficient (Wildman–Crippen LogP) is 2.89. The van der Waals surface area contributed by atoms with Gasteiger partial charge in [0.2, 0.25) is 5.91 Å². The normalized spacial score (nSPS) is 13.9. The van der Waals surface area contributed by atoms with Crippen molar-refractivity contribution in [2.75, 3.05) is 43.5 Å². The lowest BCUT2D eigenvalue weighted by Crippen LogP contribution is -2.49. The second-order valence-electron chi connectivity index (χ2n) is 6.82. The van der Waals surface area contributed by atoms with E-state index >= 15 is 0 Å². The number of carbonyl (C=O) groups excluding carboxylic acids is 2. The summed E-state index contributed by atoms with van der Waals surface area (Å²) in [4.78, 5) is 33.1. The van der Waals surface area contributed by atoms with Gasteiger partial charge in [0, 0.05) is 37.2 Å². The summed E-state index contributed by atoms with van der Waals surface area (Å²) in [6.45, 7) is 2.88. The molecule has 1 aliphatic heterocycles. The Bertz CT molecular complexity index is 992. The molecule has 1 aliphatic rings. The maximum atomic E-state index is 12.7. The number of thiazole rings is 1. The standard InChI is InChI=1S/C21H22N4O4S/c1-28-17-6-4-16(5-7-17)24-8-10-25(11-9-24)19(26)13-15-14-30-21(22-15)23-20(27)18-3-2-12-29-18/h2-7,12,14H,8-11,13H2,1H3,(H,22,23,27). The number of carbonyl (C=O) groups is 2. The number of furan rings is 1. The highest BCUT2D eigenvalue weighted by Crippen LogP contribution is 2.21. The van der Waals surface area contributed by atoms with Gasteiger partial charge in [-0.05, 0) is 36.4 Å². The molecule has 9 heteroatoms. The summed E-state index contributed by atoms with van der Waals surface area (Å²) < 4.78 is 10.3. The molecule has 0 unspecified atom stereocenters. The van der Waals surface area contributed by atoms with Gasteiger partial charge in [0.25, 0.3) is 5.91 Å². The fourth-order valence-electron chi connectivity index (χ4n) is 3.29. The number of piperazine rings is 1. The fourth-order valence-corrected chi connectivity index (χ4v) is 3.99. The van der Waals surface area contributed by atoms with Gasteiger partial charge in [-0.25, -0.2) is 4.98 Å². The van der Waals surface area contributed by atoms with Crippen LogP contribution in [0.25, 0.3) is 0 Å². The Hall–Kier alpha value is -3.33. The molecule has 0 saturated carbocycles. The van der Waals surface area contributed by atoms with Gasteiger partial charge >= 0.3 is 0 Å². The van der Waals surface area contributed by atoms with Gasteiger partial charge < -0.3 is 19.0 Å². The van der Waals surface area contributed by atoms with Crippen molar-refractivity contribution in [2.24, 2.45) is 0 Å². The summed E-state index contributed by atoms with van der Waals surface area (Å²) >= 11 is 1.29. The maximum Gasteiger partial charge on any atom is 0.293 e. The van der Waals surface area contributed by atoms with Crippen LogP contribution in [0.4, 0.5) is 10.8 Å². The Morgan fingerprint density at radius 1 is 1.17 bits per heavy atom. The minimum atomic E-state index is -0.359. The minimum absolute atomic E-state index is 0.0404. The van der Waals surface area contributed by atoms with Crippen molar-refractivity contribution in [2.45, 2.75) is 6.42 Å². The van der Waals surface area contributed by atoms with Crippen LogP contribution in [0.3, 0.4) is 0 Å². The molecule has 3 heterocycles. The van der Waals surface area contributed by atoms with Crippen molar-refractivity contribution in [1.82, 2.24) is 9.88 Å². The van der Waals surface area contributed by atoms with Gasteiger partial charge in [0.05, 0.1) is 25.5 Å². The molecule has 1 aromatic carbocycles. The molecule has 0 spiro atoms. The quantitative estimate of drug-likeness (QED) is 0.652. The first kappa shape index (κ1) is 20.0. The molecule has 156 valence electrons. The summed E-state index contributed by atoms with van der Waals surface area (Å²) in [6.07, 6.45) is 1.66. The van der Waals surface area contributed by atoms with Gasteiger partial charge in [-0.3, -0.25) is 14.9 Å². The molecule has 0 bridgehead atoms. The molecule has 1 saturated heterocycles. The Balaban J connectivity index is 1.27. The second-order valence-corrected chi connectivity index (χ2v) is 7.68. The van der Waals surface area contributed by atoms with Crippen LogP contribution in [-0.2, 0) is 11.2 Å². The number of rotatable bonds is 6. The molecule has 30 heavy (non-hydrogen) atoms. The van der Waals surface area contributed by atoms with Crippen molar-refractivity contribution in [3.63, 3.8) is 0 Å². The number of ether oxygens (including phenoxy) is 1. The number of benzene rings is 1. The van der Waals surface area contributed by atoms with Crippen molar-refractivity contribution in [3.05, 3.63) is 59.5 Å². The van der Waals surface area contributed by atoms with E-state index in [1.54, 1.807) is 24.6 Å². The Kier molecular flexibility index (Phi) is 5.99. The smallest absolute Gasteiger partial charge is 0.293 e. The third kappa shape index (κ3) is 4.62. The lowest BCUT2D eigenvalue weighted by molar-refractivity contribution is -0.130. The first-order valence-electron chi connectivity index (χ1n) is 9.58. The Labute approximate surface area is 178 Å². The van der Waals surface area contributed by atoms with Crippen LogP contribution in [0.1, 0.15) is 16.2 Å². The zero-order valence-electron chi connectivity index (χ0n) is 16.5. The lowest BCUT2D eigenvalue weighted by Gasteiger charge is -2.36. The van der Waals surface area contributed by atoms with Gasteiger partial charge in [0.15, 0.2) is 10.9 Å². The SMILES string of the molecule is COc1ccc(N2CCN(C(=O)Cc3csc(NC(=O)c4ccco4)n3)CC2)cc1. The average molecular weight is 426 g/mol. The minimum Gasteiger partial charge on any atom is -0.497 e. The zero-order valence-corrected chi connectivity index (χ0v) is 17.4. The average Bonchev–Trinajstić information content (AvgIpc) is 3.46. The fraction of sp³-hybridized carbons (Fsp3) is 0.286. The van der Waals surface area contributed by atoms with Crippen molar-refractivity contribution in [3.8, 4) is 5.75 Å². The van der Waals surface area contributed by atoms with E-state index in [1.165, 1.54) is 17.6 Å². The number of hydrogen-bond donors (Lipinski definition) is 1. The lowest BCUT2D eigenvalue weighted by atomic mass is 10.2. The molecule has 3 aromatic rings. The van der Waals surface area contributed by atoms with Crippen molar-refractivity contribution >= 4 is 34.0 Å². The first-order valence-corrected chi connectivity index (χ1v) is 10.5. The van der Waals surface area contributed by atoms with Crippen LogP contribution >= 0.6 is 11.3 Å². The van der Waals surface area contributed by atoms with Gasteiger partial charge in [0.1, 0.15) is 5.75 Å². The summed E-state index contributed by atoms with van der Waals surface area (Å²) in [7, 11) is 1.65. The number of methoxy groups -OCH3 is 1. The first-order chi connectivity index (χ1) is 14.6. The molecule has 0 radical (unpaired) electrons. The number of anilines is 2. The molecular weight excluding hydrogens is 404 g/mol. The van der Waals surface area contributed by atoms with Crippen LogP contribution < -0.4 is 15.0 Å². The van der Waals surface area contributed by atoms with Crippen LogP contribution in [-0.4, -0.2) is 55.0 Å². The Morgan fingerprint density at radius 2 is 1.93 bits per heavy atom. The molecule has 1 fully saturated rings. The number of nitrogens with zero attached hydrogens (tertiary/aromatic N) is 3. The largest absolute Gasteiger partial charge is 0.497 e. The van der Waals surface area contributed by atoms with Crippen LogP contribution in [0.15, 0.2) is 52.5 Å². The molecular formula is C21H22N4O4S. The van der Waals surface area contributed by atoms with E-state index in [9.17, 15) is 9.59 Å². The zero-order chi connectivity index (χ0) is 20.9. The molecule has 2 amide bonds. The van der Waals surface area contributed by atoms with E-state index < -0.39 is 0 Å². The highest BCUT2D eigenvalue weighted by molar-refractivity contribution is 7.14. The third-order valence-corrected chi connectivity index (χ3v) is 5.73. The molecule has 2 aromatic heterocycles. The Morgan fingerprint density at radius 3 is 2.60 bits per heavy atom. The third-order valence-electron chi connectivity index (χ3n) is 4.92. The van der Waals surface area contributed by atoms with Gasteiger partial charge in [-0.15, -0.1) is 11.3 Å². The van der Waals surface area contributed by atoms with E-state index in [0.29, 0.717) is 23.9 Å². The van der Waals surface area contributed by atoms with E-state index in [4.69, 9.17) is 9.15 Å². The van der Waals surface area contributed by atoms with Crippen molar-refractivity contribution in [1.29, 1.82) is 0 Å². The molecule has 8 nitrogen and oxygen atoms in total. The van der Waals surface area contributed by atoms with E-state index in [0.717, 1.165) is 24.5 Å². The van der Waals surface area contributed by atoms with Gasteiger partial charge in [-0.1, -0.05) is 0 Å². The summed E-state index contributed by atoms with van der Waals surface area (Å²) in [5.41, 5.74) is 1.77. The van der Waals surface area contributed by atoms with E-state index in [2.05, 4.69) is 15.2 Å². The van der Waals surface area contributed by atoms with Crippen LogP contribution in [0.5, 0.6) is 5.75 Å². The molecule has 4 rings (SSSR count). The molecule has 1 N–H and O–H groups in total. The predicted molar refractivity (Wildman–Crippen MR) is 114 cm³/mol. The monoisotopic (exact) mass is 426 g/mol. The highest BCUT2D eigenvalue weighted by atomic mass is 32.1. The number of nitrogens with one attached hydrogen (secondary N) is 1. The van der Waals surface area contributed by atoms with E-state index in [1.807, 2.05) is 29.2 Å². The second kappa shape index (κ2) is 9.00. The van der Waals surface area contributed by atoms with Crippen LogP contribution in [0.2, 0.25) is 0 Å². The molecule has 0 atom stereocenters. The molecule has 0 aliphatic carbocycles. The van der Waals surface area contributed by atoms with E-state index in [-0.39, 0.29) is 24.0 Å². The maximum absolute atomic E-state index is 12.7. The summed E-state index contributed by atoms with van der Waals surface area (Å²) in [6, 6.07) is 11.2. The highest BCUT2D eigenvalue weighted by Gasteiger charge is 2.22. The topological polar surface area (TPSA) is 87.9 Å².